The third-order valence-electron chi connectivity index (χ3n) is 3.68. The van der Waals surface area contributed by atoms with Crippen molar-refractivity contribution in [2.45, 2.75) is 32.1 Å². The molecule has 0 aromatic rings. The molecule has 2 saturated carbocycles. The third-order valence-corrected chi connectivity index (χ3v) is 3.68. The van der Waals surface area contributed by atoms with Gasteiger partial charge in [-0.25, -0.2) is 0 Å². The van der Waals surface area contributed by atoms with Crippen LogP contribution in [0.1, 0.15) is 32.1 Å². The topological polar surface area (TPSA) is 60.2 Å². The fraction of sp³-hybridized carbons (Fsp3) is 0.900. The van der Waals surface area contributed by atoms with Gasteiger partial charge < -0.3 is 0 Å². The number of carbonyl (C=O) groups excluding carboxylic acids is 1. The van der Waals surface area contributed by atoms with Crippen molar-refractivity contribution in [1.82, 2.24) is 0 Å². The summed E-state index contributed by atoms with van der Waals surface area (Å²) in [7, 11) is 0. The van der Waals surface area contributed by atoms with E-state index in [0.29, 0.717) is 12.3 Å². The highest BCUT2D eigenvalue weighted by atomic mass is 16.6. The highest BCUT2D eigenvalue weighted by molar-refractivity contribution is 5.82. The monoisotopic (exact) mass is 197 g/mol. The molecular formula is C10H15NO3. The van der Waals surface area contributed by atoms with Gasteiger partial charge in [0.25, 0.3) is 0 Å². The Bertz CT molecular complexity index is 264. The first-order valence-electron chi connectivity index (χ1n) is 5.31. The fourth-order valence-corrected chi connectivity index (χ4v) is 2.95. The van der Waals surface area contributed by atoms with Crippen LogP contribution in [0.4, 0.5) is 0 Å². The number of hydrogen-bond donors (Lipinski definition) is 0. The quantitative estimate of drug-likeness (QED) is 0.499. The van der Waals surface area contributed by atoms with E-state index in [1.54, 1.807) is 0 Å². The van der Waals surface area contributed by atoms with E-state index < -0.39 is 0 Å². The molecule has 4 nitrogen and oxygen atoms in total. The zero-order valence-electron chi connectivity index (χ0n) is 8.15. The summed E-state index contributed by atoms with van der Waals surface area (Å²) >= 11 is 0. The number of hydrogen-bond acceptors (Lipinski definition) is 3. The van der Waals surface area contributed by atoms with Gasteiger partial charge in [0.15, 0.2) is 0 Å². The minimum Gasteiger partial charge on any atom is -0.299 e. The Labute approximate surface area is 82.8 Å². The zero-order chi connectivity index (χ0) is 10.1. The number of Topliss-reactive ketones (excluding diaryl/α,β-unsaturated/α-hetero) is 1. The van der Waals surface area contributed by atoms with Gasteiger partial charge in [-0.2, -0.15) is 0 Å². The Hall–Kier alpha value is -0.930. The van der Waals surface area contributed by atoms with Crippen LogP contribution >= 0.6 is 0 Å². The average Bonchev–Trinajstić information content (AvgIpc) is 2.14. The number of rotatable bonds is 2. The molecule has 3 atom stereocenters. The molecule has 0 spiro atoms. The maximum atomic E-state index is 11.6. The molecule has 0 N–H and O–H groups in total. The summed E-state index contributed by atoms with van der Waals surface area (Å²) in [5.74, 6) is 0.968. The van der Waals surface area contributed by atoms with E-state index in [2.05, 4.69) is 0 Å². The van der Waals surface area contributed by atoms with Gasteiger partial charge in [0, 0.05) is 23.2 Å². The lowest BCUT2D eigenvalue weighted by Gasteiger charge is -2.37. The summed E-state index contributed by atoms with van der Waals surface area (Å²) in [5, 5.41) is 10.4. The van der Waals surface area contributed by atoms with Crippen LogP contribution in [0.15, 0.2) is 0 Å². The molecule has 0 amide bonds. The first kappa shape index (κ1) is 9.62. The van der Waals surface area contributed by atoms with Gasteiger partial charge in [-0.05, 0) is 25.2 Å². The molecule has 0 aromatic carbocycles. The first-order chi connectivity index (χ1) is 6.66. The Morgan fingerprint density at radius 1 is 1.43 bits per heavy atom. The fourth-order valence-electron chi connectivity index (χ4n) is 2.95. The molecular weight excluding hydrogens is 182 g/mol. The summed E-state index contributed by atoms with van der Waals surface area (Å²) in [5.41, 5.74) is 0. The lowest BCUT2D eigenvalue weighted by molar-refractivity contribution is -0.490. The van der Waals surface area contributed by atoms with Crippen LogP contribution in [0, 0.1) is 27.9 Å². The van der Waals surface area contributed by atoms with E-state index in [0.717, 1.165) is 25.7 Å². The van der Waals surface area contributed by atoms with Gasteiger partial charge in [-0.3, -0.25) is 14.9 Å². The molecule has 78 valence electrons. The minimum absolute atomic E-state index is 0.0108. The predicted molar refractivity (Wildman–Crippen MR) is 50.4 cm³/mol. The lowest BCUT2D eigenvalue weighted by Crippen LogP contribution is -2.38. The van der Waals surface area contributed by atoms with Crippen molar-refractivity contribution in [3.8, 4) is 0 Å². The smallest absolute Gasteiger partial charge is 0.207 e. The van der Waals surface area contributed by atoms with Gasteiger partial charge >= 0.3 is 0 Å². The normalized spacial score (nSPS) is 36.9. The van der Waals surface area contributed by atoms with Crippen LogP contribution in [-0.2, 0) is 4.79 Å². The molecule has 0 heterocycles. The van der Waals surface area contributed by atoms with Crippen LogP contribution in [0.5, 0.6) is 0 Å². The van der Waals surface area contributed by atoms with Crippen molar-refractivity contribution in [1.29, 1.82) is 0 Å². The van der Waals surface area contributed by atoms with Crippen LogP contribution in [0.2, 0.25) is 0 Å². The molecule has 0 aliphatic heterocycles. The Morgan fingerprint density at radius 3 is 2.93 bits per heavy atom. The highest BCUT2D eigenvalue weighted by Crippen LogP contribution is 2.41. The standard InChI is InChI=1S/C10H15NO3/c12-10-5-9(6-11(13)14)7-2-1-3-8(10)4-7/h7-9H,1-6H2/t7-,8+,9-/m1/s1. The highest BCUT2D eigenvalue weighted by Gasteiger charge is 2.40. The van der Waals surface area contributed by atoms with Gasteiger partial charge in [0.05, 0.1) is 0 Å². The largest absolute Gasteiger partial charge is 0.299 e. The Kier molecular flexibility index (Phi) is 2.52. The van der Waals surface area contributed by atoms with Gasteiger partial charge in [0.1, 0.15) is 5.78 Å². The SMILES string of the molecule is O=C1C[C@H](C[N+](=O)[O-])[C@@H]2CCC[C@H]1C2. The van der Waals surface area contributed by atoms with E-state index in [4.69, 9.17) is 0 Å². The van der Waals surface area contributed by atoms with Crippen molar-refractivity contribution >= 4 is 5.78 Å². The molecule has 2 aliphatic carbocycles. The second-order valence-electron chi connectivity index (χ2n) is 4.57. The second kappa shape index (κ2) is 3.67. The van der Waals surface area contributed by atoms with Gasteiger partial charge in [0.2, 0.25) is 6.54 Å². The predicted octanol–water partition coefficient (Wildman–Crippen LogP) is 1.66. The zero-order valence-corrected chi connectivity index (χ0v) is 8.15. The van der Waals surface area contributed by atoms with Crippen LogP contribution in [0.25, 0.3) is 0 Å². The van der Waals surface area contributed by atoms with Gasteiger partial charge in [-0.1, -0.05) is 6.42 Å². The molecule has 0 saturated heterocycles. The van der Waals surface area contributed by atoms with Gasteiger partial charge in [-0.15, -0.1) is 0 Å². The molecule has 4 heteroatoms. The molecule has 2 rings (SSSR count). The Balaban J connectivity index is 2.04. The number of carbonyl (C=O) groups is 1. The van der Waals surface area contributed by atoms with Crippen LogP contribution < -0.4 is 0 Å². The third kappa shape index (κ3) is 1.79. The van der Waals surface area contributed by atoms with Crippen molar-refractivity contribution in [2.24, 2.45) is 17.8 Å². The first-order valence-corrected chi connectivity index (χ1v) is 5.31. The summed E-state index contributed by atoms with van der Waals surface area (Å²) < 4.78 is 0. The molecule has 2 aliphatic rings. The maximum Gasteiger partial charge on any atom is 0.207 e. The summed E-state index contributed by atoms with van der Waals surface area (Å²) in [6, 6.07) is 0. The molecule has 14 heavy (non-hydrogen) atoms. The van der Waals surface area contributed by atoms with Crippen molar-refractivity contribution in [2.75, 3.05) is 6.54 Å². The molecule has 0 radical (unpaired) electrons. The van der Waals surface area contributed by atoms with Crippen LogP contribution in [-0.4, -0.2) is 17.3 Å². The maximum absolute atomic E-state index is 11.6. The van der Waals surface area contributed by atoms with E-state index in [1.165, 1.54) is 0 Å². The number of fused-ring (bicyclic) bond motifs is 2. The lowest BCUT2D eigenvalue weighted by atomic mass is 9.66. The number of nitrogens with zero attached hydrogens (tertiary/aromatic N) is 1. The second-order valence-corrected chi connectivity index (χ2v) is 4.57. The van der Waals surface area contributed by atoms with E-state index in [9.17, 15) is 14.9 Å². The summed E-state index contributed by atoms with van der Waals surface area (Å²) in [4.78, 5) is 21.7. The summed E-state index contributed by atoms with van der Waals surface area (Å²) in [6.07, 6.45) is 4.55. The van der Waals surface area contributed by atoms with Crippen molar-refractivity contribution in [3.05, 3.63) is 10.1 Å². The van der Waals surface area contributed by atoms with E-state index in [-0.39, 0.29) is 29.1 Å². The number of nitro groups is 1. The summed E-state index contributed by atoms with van der Waals surface area (Å²) in [6.45, 7) is -0.0108. The molecule has 0 aromatic heterocycles. The number of ketones is 1. The van der Waals surface area contributed by atoms with E-state index in [1.807, 2.05) is 0 Å². The van der Waals surface area contributed by atoms with Crippen LogP contribution in [0.3, 0.4) is 0 Å². The van der Waals surface area contributed by atoms with E-state index >= 15 is 0 Å². The van der Waals surface area contributed by atoms with Crippen molar-refractivity contribution in [3.63, 3.8) is 0 Å². The molecule has 2 bridgehead atoms. The average molecular weight is 197 g/mol. The Morgan fingerprint density at radius 2 is 2.21 bits per heavy atom. The minimum atomic E-state index is -0.271. The molecule has 0 unspecified atom stereocenters. The molecule has 2 fully saturated rings. The van der Waals surface area contributed by atoms with Crippen molar-refractivity contribution < 1.29 is 9.72 Å².